The van der Waals surface area contributed by atoms with E-state index in [1.807, 2.05) is 66.2 Å². The molecule has 2 spiro atoms. The van der Waals surface area contributed by atoms with Gasteiger partial charge in [-0.2, -0.15) is 10.2 Å². The van der Waals surface area contributed by atoms with E-state index in [4.69, 9.17) is 42.9 Å². The van der Waals surface area contributed by atoms with Crippen LogP contribution in [0.4, 0.5) is 8.78 Å². The summed E-state index contributed by atoms with van der Waals surface area (Å²) in [7, 11) is 3.93. The number of benzene rings is 4. The Hall–Kier alpha value is -6.16. The minimum Gasteiger partial charge on any atom is -0.505 e. The van der Waals surface area contributed by atoms with Crippen molar-refractivity contribution in [3.8, 4) is 45.5 Å². The van der Waals surface area contributed by atoms with Crippen LogP contribution in [0.3, 0.4) is 0 Å². The van der Waals surface area contributed by atoms with E-state index in [1.54, 1.807) is 4.90 Å². The van der Waals surface area contributed by atoms with Gasteiger partial charge in [0.25, 0.3) is 5.91 Å². The second-order valence-electron chi connectivity index (χ2n) is 15.0. The van der Waals surface area contributed by atoms with E-state index in [9.17, 15) is 23.5 Å². The van der Waals surface area contributed by atoms with Gasteiger partial charge in [0.2, 0.25) is 0 Å². The van der Waals surface area contributed by atoms with Crippen LogP contribution in [0.2, 0.25) is 0 Å². The summed E-state index contributed by atoms with van der Waals surface area (Å²) in [6.45, 7) is 2.96. The zero-order chi connectivity index (χ0) is 44.2. The molecule has 4 aromatic carbocycles. The van der Waals surface area contributed by atoms with Gasteiger partial charge in [-0.05, 0) is 73.8 Å². The number of aromatic hydroxyl groups is 2. The highest BCUT2D eigenvalue weighted by molar-refractivity contribution is 6.40. The largest absolute Gasteiger partial charge is 0.505 e. The summed E-state index contributed by atoms with van der Waals surface area (Å²) in [5.74, 6) is -2.39. The Kier molecular flexibility index (Phi) is 14.3. The average molecular weight is 906 g/mol. The fourth-order valence-electron chi connectivity index (χ4n) is 8.32. The normalized spacial score (nSPS) is 15.6. The number of phenols is 2. The number of carboxylic acids is 1. The second-order valence-corrected chi connectivity index (χ2v) is 15.8. The number of aryl methyl sites for hydroxylation is 2. The van der Waals surface area contributed by atoms with Gasteiger partial charge in [0.15, 0.2) is 23.1 Å². The number of para-hydroxylation sites is 2. The van der Waals surface area contributed by atoms with Gasteiger partial charge in [-0.15, -0.1) is 23.2 Å². The number of piperidine rings is 2. The molecule has 0 bridgehead atoms. The fourth-order valence-corrected chi connectivity index (χ4v) is 8.32. The summed E-state index contributed by atoms with van der Waals surface area (Å²) in [6.07, 6.45) is 7.08. The van der Waals surface area contributed by atoms with Gasteiger partial charge in [-0.1, -0.05) is 31.7 Å². The molecule has 0 unspecified atom stereocenters. The molecule has 6 heterocycles. The second kappa shape index (κ2) is 19.5. The fraction of sp³-hybridized carbons (Fsp3) is 0.304. The van der Waals surface area contributed by atoms with E-state index in [-0.39, 0.29) is 35.4 Å². The van der Waals surface area contributed by atoms with E-state index in [0.717, 1.165) is 84.1 Å². The lowest BCUT2D eigenvalue weighted by atomic mass is 9.81. The number of rotatable bonds is 2. The number of halogens is 4. The zero-order valence-corrected chi connectivity index (χ0v) is 35.3. The number of nitrogens with one attached hydrogen (secondary N) is 1. The van der Waals surface area contributed by atoms with Crippen LogP contribution in [0.5, 0.6) is 23.0 Å². The first-order valence-corrected chi connectivity index (χ1v) is 20.8. The van der Waals surface area contributed by atoms with Crippen LogP contribution in [0.25, 0.3) is 22.5 Å². The Morgan fingerprint density at radius 2 is 1.14 bits per heavy atom. The number of amides is 1. The van der Waals surface area contributed by atoms with Gasteiger partial charge < -0.3 is 35.0 Å². The molecule has 2 fully saturated rings. The lowest BCUT2D eigenvalue weighted by Gasteiger charge is -2.44. The van der Waals surface area contributed by atoms with E-state index >= 15 is 0 Å². The van der Waals surface area contributed by atoms with E-state index in [2.05, 4.69) is 33.7 Å². The molecule has 17 heteroatoms. The number of ether oxygens (including phenoxy) is 2. The summed E-state index contributed by atoms with van der Waals surface area (Å²) in [5, 5.41) is 38.9. The molecule has 1 amide bonds. The maximum absolute atomic E-state index is 13.7. The van der Waals surface area contributed by atoms with Crippen LogP contribution in [0, 0.1) is 11.6 Å². The molecule has 13 nitrogen and oxygen atoms in total. The number of aromatic carboxylic acids is 1. The van der Waals surface area contributed by atoms with Crippen molar-refractivity contribution >= 4 is 35.1 Å². The maximum atomic E-state index is 13.7. The molecule has 2 aromatic heterocycles. The molecule has 4 aliphatic heterocycles. The number of fused-ring (bicyclic) bond motifs is 8. The van der Waals surface area contributed by atoms with Gasteiger partial charge in [0.1, 0.15) is 22.7 Å². The summed E-state index contributed by atoms with van der Waals surface area (Å²) in [6, 6.07) is 22.8. The summed E-state index contributed by atoms with van der Waals surface area (Å²) in [5.41, 5.74) is 6.05. The minimum atomic E-state index is -1.22. The molecular formula is C46H48Cl2F2N6O7. The number of hydrogen-bond acceptors (Lipinski definition) is 9. The SMILES string of the molecule is C.ClCCl.Cn1ncc2c1-c1ccccc1OC21CCN(C(=O)c2ccc(O)c(F)c2)CC1.Cn1ncc2c1-c1ccccc1OC21CCNCC1.O=C(O)c1ccc(O)c(F)c1. The third kappa shape index (κ3) is 9.31. The number of carbonyl (C=O) groups excluding carboxylic acids is 1. The molecule has 0 radical (unpaired) electrons. The maximum Gasteiger partial charge on any atom is 0.335 e. The zero-order valence-electron chi connectivity index (χ0n) is 33.8. The number of alkyl halides is 2. The number of likely N-dealkylation sites (tertiary alicyclic amines) is 1. The molecule has 10 rings (SSSR count). The number of carbonyl (C=O) groups is 2. The molecule has 0 aliphatic carbocycles. The first-order chi connectivity index (χ1) is 29.8. The van der Waals surface area contributed by atoms with Crippen LogP contribution < -0.4 is 14.8 Å². The van der Waals surface area contributed by atoms with Crippen LogP contribution in [-0.4, -0.2) is 83.2 Å². The highest BCUT2D eigenvalue weighted by atomic mass is 35.5. The molecule has 4 N–H and O–H groups in total. The molecule has 0 atom stereocenters. The molecule has 332 valence electrons. The monoisotopic (exact) mass is 904 g/mol. The minimum absolute atomic E-state index is 0. The van der Waals surface area contributed by atoms with Crippen molar-refractivity contribution in [2.45, 2.75) is 44.3 Å². The number of phenolic OH excluding ortho intramolecular Hbond substituents is 2. The van der Waals surface area contributed by atoms with E-state index in [0.29, 0.717) is 25.9 Å². The van der Waals surface area contributed by atoms with Crippen LogP contribution in [0.15, 0.2) is 97.3 Å². The number of carboxylic acid groups (broad SMARTS) is 1. The summed E-state index contributed by atoms with van der Waals surface area (Å²) in [4.78, 5) is 24.7. The highest BCUT2D eigenvalue weighted by Crippen LogP contribution is 2.50. The summed E-state index contributed by atoms with van der Waals surface area (Å²) < 4.78 is 42.8. The lowest BCUT2D eigenvalue weighted by molar-refractivity contribution is -0.00175. The van der Waals surface area contributed by atoms with Crippen molar-refractivity contribution in [1.82, 2.24) is 29.8 Å². The molecule has 63 heavy (non-hydrogen) atoms. The summed E-state index contributed by atoms with van der Waals surface area (Å²) >= 11 is 9.53. The third-order valence-corrected chi connectivity index (χ3v) is 11.4. The van der Waals surface area contributed by atoms with Gasteiger partial charge in [-0.3, -0.25) is 14.2 Å². The molecule has 0 saturated carbocycles. The van der Waals surface area contributed by atoms with Crippen molar-refractivity contribution < 1.29 is 43.2 Å². The average Bonchev–Trinajstić information content (AvgIpc) is 3.88. The Balaban J connectivity index is 0.000000167. The number of nitrogens with zero attached hydrogens (tertiary/aromatic N) is 5. The van der Waals surface area contributed by atoms with E-state index in [1.165, 1.54) is 23.4 Å². The Morgan fingerprint density at radius 1 is 0.714 bits per heavy atom. The van der Waals surface area contributed by atoms with Gasteiger partial charge in [0.05, 0.1) is 34.7 Å². The van der Waals surface area contributed by atoms with Crippen molar-refractivity contribution in [3.05, 3.63) is 131 Å². The van der Waals surface area contributed by atoms with Gasteiger partial charge in [0, 0.05) is 80.7 Å². The predicted molar refractivity (Wildman–Crippen MR) is 236 cm³/mol. The Labute approximate surface area is 373 Å². The third-order valence-electron chi connectivity index (χ3n) is 11.4. The van der Waals surface area contributed by atoms with Gasteiger partial charge in [-0.25, -0.2) is 13.6 Å². The molecule has 2 saturated heterocycles. The standard InChI is InChI=1S/C22H20FN3O3.C15H17N3O.C7H5FO3.CH2Cl2.CH4/c1-25-20-15-4-2-3-5-19(15)29-22(16(20)13-24-25)8-10-26(11-9-22)21(28)14-6-7-18(27)17(23)12-14;1-18-14-11-4-2-3-5-13(11)19-15(12(14)10-17-18)6-8-16-9-7-15;8-5-3-4(7(10)11)1-2-6(5)9;2-1-3;/h2-7,12-13,27H,8-11H2,1H3;2-5,10,16H,6-9H2,1H3;1-3,9H,(H,10,11);1H2;1H4. The quantitative estimate of drug-likeness (QED) is 0.124. The van der Waals surface area contributed by atoms with Crippen molar-refractivity contribution in [1.29, 1.82) is 0 Å². The topological polar surface area (TPSA) is 164 Å². The predicted octanol–water partition coefficient (Wildman–Crippen LogP) is 8.80. The molecule has 4 aliphatic rings. The molecule has 6 aromatic rings. The molecular weight excluding hydrogens is 857 g/mol. The van der Waals surface area contributed by atoms with Gasteiger partial charge >= 0.3 is 5.97 Å². The lowest BCUT2D eigenvalue weighted by Crippen LogP contribution is -2.49. The van der Waals surface area contributed by atoms with E-state index < -0.39 is 34.7 Å². The first kappa shape index (κ1) is 46.3. The number of aromatic nitrogens is 4. The van der Waals surface area contributed by atoms with Crippen LogP contribution in [0.1, 0.15) is 65.0 Å². The smallest absolute Gasteiger partial charge is 0.335 e. The highest BCUT2D eigenvalue weighted by Gasteiger charge is 2.46. The first-order valence-electron chi connectivity index (χ1n) is 19.8. The van der Waals surface area contributed by atoms with Crippen LogP contribution >= 0.6 is 23.2 Å². The number of hydrogen-bond donors (Lipinski definition) is 4. The van der Waals surface area contributed by atoms with Crippen molar-refractivity contribution in [3.63, 3.8) is 0 Å². The van der Waals surface area contributed by atoms with Crippen molar-refractivity contribution in [2.24, 2.45) is 14.1 Å². The van der Waals surface area contributed by atoms with Crippen molar-refractivity contribution in [2.75, 3.05) is 31.5 Å². The Morgan fingerprint density at radius 3 is 1.60 bits per heavy atom. The Bertz CT molecular complexity index is 2590. The van der Waals surface area contributed by atoms with Crippen LogP contribution in [-0.2, 0) is 25.3 Å².